The summed E-state index contributed by atoms with van der Waals surface area (Å²) in [6, 6.07) is 8.06. The highest BCUT2D eigenvalue weighted by atomic mass is 16.7. The van der Waals surface area contributed by atoms with E-state index >= 15 is 0 Å². The molecule has 0 heterocycles. The zero-order chi connectivity index (χ0) is 14.1. The number of benzene rings is 1. The quantitative estimate of drug-likeness (QED) is 0.698. The van der Waals surface area contributed by atoms with Gasteiger partial charge in [-0.05, 0) is 37.6 Å². The second kappa shape index (κ2) is 8.91. The molecule has 0 fully saturated rings. The van der Waals surface area contributed by atoms with Crippen LogP contribution >= 0.6 is 0 Å². The molecule has 0 aliphatic rings. The maximum absolute atomic E-state index is 5.45. The van der Waals surface area contributed by atoms with Gasteiger partial charge in [-0.25, -0.2) is 0 Å². The SMILES string of the molecule is CCCNC(c1ccc(OCC)cc1)C(OC)OC. The number of rotatable bonds is 9. The van der Waals surface area contributed by atoms with Crippen molar-refractivity contribution >= 4 is 0 Å². The average molecular weight is 267 g/mol. The lowest BCUT2D eigenvalue weighted by atomic mass is 10.1. The van der Waals surface area contributed by atoms with E-state index in [1.54, 1.807) is 14.2 Å². The molecule has 0 amide bonds. The molecule has 1 aromatic carbocycles. The summed E-state index contributed by atoms with van der Waals surface area (Å²) in [4.78, 5) is 0. The van der Waals surface area contributed by atoms with Crippen LogP contribution in [0.5, 0.6) is 5.75 Å². The summed E-state index contributed by atoms with van der Waals surface area (Å²) >= 11 is 0. The number of methoxy groups -OCH3 is 2. The topological polar surface area (TPSA) is 39.7 Å². The van der Waals surface area contributed by atoms with Crippen LogP contribution in [0.1, 0.15) is 31.9 Å². The Morgan fingerprint density at radius 3 is 2.16 bits per heavy atom. The van der Waals surface area contributed by atoms with Crippen molar-refractivity contribution in [2.75, 3.05) is 27.4 Å². The molecule has 4 nitrogen and oxygen atoms in total. The smallest absolute Gasteiger partial charge is 0.176 e. The summed E-state index contributed by atoms with van der Waals surface area (Å²) < 4.78 is 16.2. The van der Waals surface area contributed by atoms with Crippen molar-refractivity contribution in [2.24, 2.45) is 0 Å². The zero-order valence-corrected chi connectivity index (χ0v) is 12.3. The molecule has 0 aromatic heterocycles. The summed E-state index contributed by atoms with van der Waals surface area (Å²) in [6.45, 7) is 5.71. The zero-order valence-electron chi connectivity index (χ0n) is 12.3. The van der Waals surface area contributed by atoms with Crippen LogP contribution in [0.25, 0.3) is 0 Å². The lowest BCUT2D eigenvalue weighted by Gasteiger charge is -2.26. The summed E-state index contributed by atoms with van der Waals surface area (Å²) in [7, 11) is 3.31. The van der Waals surface area contributed by atoms with Gasteiger partial charge in [0.25, 0.3) is 0 Å². The Bertz CT molecular complexity index is 336. The highest BCUT2D eigenvalue weighted by Gasteiger charge is 2.22. The van der Waals surface area contributed by atoms with Crippen molar-refractivity contribution in [2.45, 2.75) is 32.6 Å². The number of hydrogen-bond donors (Lipinski definition) is 1. The third-order valence-electron chi connectivity index (χ3n) is 2.90. The molecule has 0 radical (unpaired) electrons. The third kappa shape index (κ3) is 4.82. The second-order valence-corrected chi connectivity index (χ2v) is 4.27. The van der Waals surface area contributed by atoms with Gasteiger partial charge in [-0.1, -0.05) is 19.1 Å². The van der Waals surface area contributed by atoms with Crippen molar-refractivity contribution in [1.82, 2.24) is 5.32 Å². The maximum atomic E-state index is 5.45. The number of ether oxygens (including phenoxy) is 3. The molecule has 0 aliphatic carbocycles. The molecule has 0 bridgehead atoms. The Hall–Kier alpha value is -1.10. The van der Waals surface area contributed by atoms with E-state index in [4.69, 9.17) is 14.2 Å². The van der Waals surface area contributed by atoms with Gasteiger partial charge in [0, 0.05) is 14.2 Å². The molecule has 19 heavy (non-hydrogen) atoms. The lowest BCUT2D eigenvalue weighted by molar-refractivity contribution is -0.124. The van der Waals surface area contributed by atoms with Gasteiger partial charge in [0.05, 0.1) is 12.6 Å². The van der Waals surface area contributed by atoms with Crippen LogP contribution in [0.3, 0.4) is 0 Å². The van der Waals surface area contributed by atoms with Crippen molar-refractivity contribution in [3.63, 3.8) is 0 Å². The van der Waals surface area contributed by atoms with E-state index in [2.05, 4.69) is 12.2 Å². The Morgan fingerprint density at radius 2 is 1.68 bits per heavy atom. The Kier molecular flexibility index (Phi) is 7.48. The molecule has 1 aromatic rings. The Balaban J connectivity index is 2.83. The Morgan fingerprint density at radius 1 is 1.05 bits per heavy atom. The normalized spacial score (nSPS) is 12.7. The molecule has 1 N–H and O–H groups in total. The van der Waals surface area contributed by atoms with Crippen LogP contribution in [0.4, 0.5) is 0 Å². The largest absolute Gasteiger partial charge is 0.494 e. The molecule has 0 aliphatic heterocycles. The fraction of sp³-hybridized carbons (Fsp3) is 0.600. The lowest BCUT2D eigenvalue weighted by Crippen LogP contribution is -2.35. The third-order valence-corrected chi connectivity index (χ3v) is 2.90. The van der Waals surface area contributed by atoms with Crippen molar-refractivity contribution in [1.29, 1.82) is 0 Å². The predicted molar refractivity (Wildman–Crippen MR) is 76.5 cm³/mol. The van der Waals surface area contributed by atoms with E-state index in [9.17, 15) is 0 Å². The summed E-state index contributed by atoms with van der Waals surface area (Å²) in [5.74, 6) is 0.881. The molecule has 0 saturated carbocycles. The van der Waals surface area contributed by atoms with Crippen LogP contribution in [0.2, 0.25) is 0 Å². The first-order chi connectivity index (χ1) is 9.26. The molecule has 108 valence electrons. The van der Waals surface area contributed by atoms with Gasteiger partial charge in [-0.3, -0.25) is 0 Å². The first-order valence-electron chi connectivity index (χ1n) is 6.78. The van der Waals surface area contributed by atoms with E-state index in [1.165, 1.54) is 0 Å². The van der Waals surface area contributed by atoms with E-state index in [1.807, 2.05) is 31.2 Å². The highest BCUT2D eigenvalue weighted by Crippen LogP contribution is 2.22. The van der Waals surface area contributed by atoms with E-state index in [-0.39, 0.29) is 12.3 Å². The molecule has 1 rings (SSSR count). The van der Waals surface area contributed by atoms with Crippen LogP contribution in [0, 0.1) is 0 Å². The molecule has 1 atom stereocenters. The minimum absolute atomic E-state index is 0.0191. The van der Waals surface area contributed by atoms with Crippen LogP contribution in [-0.2, 0) is 9.47 Å². The molecule has 0 spiro atoms. The van der Waals surface area contributed by atoms with Crippen molar-refractivity contribution < 1.29 is 14.2 Å². The van der Waals surface area contributed by atoms with Gasteiger partial charge in [0.15, 0.2) is 6.29 Å². The monoisotopic (exact) mass is 267 g/mol. The molecule has 4 heteroatoms. The highest BCUT2D eigenvalue weighted by molar-refractivity contribution is 5.29. The second-order valence-electron chi connectivity index (χ2n) is 4.27. The summed E-state index contributed by atoms with van der Waals surface area (Å²) in [5, 5.41) is 3.45. The average Bonchev–Trinajstić information content (AvgIpc) is 2.45. The number of hydrogen-bond acceptors (Lipinski definition) is 4. The molecule has 0 saturated heterocycles. The van der Waals surface area contributed by atoms with Crippen molar-refractivity contribution in [3.05, 3.63) is 29.8 Å². The minimum Gasteiger partial charge on any atom is -0.494 e. The van der Waals surface area contributed by atoms with Gasteiger partial charge in [0.2, 0.25) is 0 Å². The van der Waals surface area contributed by atoms with Crippen molar-refractivity contribution in [3.8, 4) is 5.75 Å². The fourth-order valence-corrected chi connectivity index (χ4v) is 1.98. The first kappa shape index (κ1) is 16.0. The van der Waals surface area contributed by atoms with Crippen LogP contribution in [0.15, 0.2) is 24.3 Å². The Labute approximate surface area is 116 Å². The van der Waals surface area contributed by atoms with E-state index < -0.39 is 0 Å². The summed E-state index contributed by atoms with van der Waals surface area (Å²) in [5.41, 5.74) is 1.13. The van der Waals surface area contributed by atoms with Gasteiger partial charge in [-0.2, -0.15) is 0 Å². The minimum atomic E-state index is -0.301. The number of nitrogens with one attached hydrogen (secondary N) is 1. The van der Waals surface area contributed by atoms with Crippen LogP contribution < -0.4 is 10.1 Å². The maximum Gasteiger partial charge on any atom is 0.176 e. The molecule has 1 unspecified atom stereocenters. The molecular weight excluding hydrogens is 242 g/mol. The van der Waals surface area contributed by atoms with Gasteiger partial charge in [0.1, 0.15) is 5.75 Å². The predicted octanol–water partition coefficient (Wildman–Crippen LogP) is 2.74. The van der Waals surface area contributed by atoms with Gasteiger partial charge in [-0.15, -0.1) is 0 Å². The summed E-state index contributed by atoms with van der Waals surface area (Å²) in [6.07, 6.45) is 0.762. The van der Waals surface area contributed by atoms with Crippen LogP contribution in [-0.4, -0.2) is 33.7 Å². The molecular formula is C15H25NO3. The van der Waals surface area contributed by atoms with Gasteiger partial charge < -0.3 is 19.5 Å². The first-order valence-corrected chi connectivity index (χ1v) is 6.78. The van der Waals surface area contributed by atoms with Gasteiger partial charge >= 0.3 is 0 Å². The van der Waals surface area contributed by atoms with E-state index in [0.29, 0.717) is 6.61 Å². The standard InChI is InChI=1S/C15H25NO3/c1-5-11-16-14(15(17-3)18-4)12-7-9-13(10-8-12)19-6-2/h7-10,14-16H,5-6,11H2,1-4H3. The fourth-order valence-electron chi connectivity index (χ4n) is 1.98. The van der Waals surface area contributed by atoms with E-state index in [0.717, 1.165) is 24.3 Å².